The van der Waals surface area contributed by atoms with Crippen LogP contribution in [0.15, 0.2) is 42.5 Å². The number of nitrogens with zero attached hydrogens (tertiary/aromatic N) is 4. The third-order valence-electron chi connectivity index (χ3n) is 4.30. The zero-order valence-corrected chi connectivity index (χ0v) is 16.1. The molecule has 5 nitrogen and oxygen atoms in total. The van der Waals surface area contributed by atoms with Crippen LogP contribution in [0.25, 0.3) is 11.4 Å². The zero-order valence-electron chi connectivity index (χ0n) is 16.1. The Labute approximate surface area is 162 Å². The van der Waals surface area contributed by atoms with Crippen molar-refractivity contribution in [1.29, 1.82) is 5.26 Å². The third-order valence-corrected chi connectivity index (χ3v) is 4.30. The summed E-state index contributed by atoms with van der Waals surface area (Å²) in [5.74, 6) is -0.998. The molecule has 0 atom stereocenters. The second kappa shape index (κ2) is 7.39. The Morgan fingerprint density at radius 2 is 1.64 bits per heavy atom. The SMILES string of the molecule is CC(C)n1c(-c2ccc(C#N)cc2)nnc1C(C)(C)Oc1c(F)cccc1F. The van der Waals surface area contributed by atoms with E-state index in [1.807, 2.05) is 18.4 Å². The number of hydrogen-bond donors (Lipinski definition) is 0. The van der Waals surface area contributed by atoms with Crippen molar-refractivity contribution >= 4 is 0 Å². The standard InChI is InChI=1S/C21H20F2N4O/c1-13(2)27-19(15-10-8-14(12-24)9-11-15)25-26-20(27)21(3,4)28-18-16(22)6-5-7-17(18)23/h5-11,13H,1-4H3. The maximum Gasteiger partial charge on any atom is 0.192 e. The molecule has 0 bridgehead atoms. The van der Waals surface area contributed by atoms with Crippen molar-refractivity contribution in [2.75, 3.05) is 0 Å². The van der Waals surface area contributed by atoms with Crippen molar-refractivity contribution in [2.45, 2.75) is 39.3 Å². The molecule has 0 saturated heterocycles. The maximum absolute atomic E-state index is 14.1. The molecule has 0 amide bonds. The highest BCUT2D eigenvalue weighted by atomic mass is 19.1. The Morgan fingerprint density at radius 1 is 1.04 bits per heavy atom. The molecule has 3 rings (SSSR count). The minimum absolute atomic E-state index is 0.0380. The molecule has 0 N–H and O–H groups in total. The minimum atomic E-state index is -1.15. The second-order valence-corrected chi connectivity index (χ2v) is 7.16. The molecule has 0 aliphatic heterocycles. The summed E-state index contributed by atoms with van der Waals surface area (Å²) >= 11 is 0. The molecule has 1 aromatic heterocycles. The van der Waals surface area contributed by atoms with E-state index in [1.54, 1.807) is 38.1 Å². The average molecular weight is 382 g/mol. The van der Waals surface area contributed by atoms with Crippen LogP contribution in [0.1, 0.15) is 45.1 Å². The van der Waals surface area contributed by atoms with Gasteiger partial charge in [-0.15, -0.1) is 10.2 Å². The number of para-hydroxylation sites is 1. The fraction of sp³-hybridized carbons (Fsp3) is 0.286. The number of benzene rings is 2. The van der Waals surface area contributed by atoms with Crippen LogP contribution in [0.2, 0.25) is 0 Å². The first kappa shape index (κ1) is 19.5. The molecule has 7 heteroatoms. The number of aromatic nitrogens is 3. The van der Waals surface area contributed by atoms with E-state index < -0.39 is 23.0 Å². The van der Waals surface area contributed by atoms with Crippen LogP contribution in [0.3, 0.4) is 0 Å². The second-order valence-electron chi connectivity index (χ2n) is 7.16. The van der Waals surface area contributed by atoms with Crippen molar-refractivity contribution < 1.29 is 13.5 Å². The number of rotatable bonds is 5. The lowest BCUT2D eigenvalue weighted by molar-refractivity contribution is 0.0814. The number of hydrogen-bond acceptors (Lipinski definition) is 4. The average Bonchev–Trinajstić information content (AvgIpc) is 3.11. The Hall–Kier alpha value is -3.27. The highest BCUT2D eigenvalue weighted by molar-refractivity contribution is 5.57. The molecule has 0 spiro atoms. The Kier molecular flexibility index (Phi) is 5.14. The van der Waals surface area contributed by atoms with Gasteiger partial charge < -0.3 is 9.30 Å². The molecule has 0 aliphatic carbocycles. The van der Waals surface area contributed by atoms with Gasteiger partial charge in [-0.2, -0.15) is 5.26 Å². The topological polar surface area (TPSA) is 63.7 Å². The van der Waals surface area contributed by atoms with Gasteiger partial charge in [0.2, 0.25) is 0 Å². The van der Waals surface area contributed by atoms with Gasteiger partial charge in [-0.25, -0.2) is 8.78 Å². The van der Waals surface area contributed by atoms with Crippen molar-refractivity contribution in [3.8, 4) is 23.2 Å². The van der Waals surface area contributed by atoms with E-state index in [4.69, 9.17) is 10.00 Å². The molecule has 0 fully saturated rings. The van der Waals surface area contributed by atoms with E-state index >= 15 is 0 Å². The van der Waals surface area contributed by atoms with Crippen molar-refractivity contribution in [3.63, 3.8) is 0 Å². The van der Waals surface area contributed by atoms with Crippen LogP contribution in [0, 0.1) is 23.0 Å². The van der Waals surface area contributed by atoms with Crippen LogP contribution in [-0.2, 0) is 5.60 Å². The van der Waals surface area contributed by atoms with Crippen molar-refractivity contribution in [3.05, 3.63) is 65.5 Å². The number of nitriles is 1. The molecule has 0 unspecified atom stereocenters. The Morgan fingerprint density at radius 3 is 2.18 bits per heavy atom. The Bertz CT molecular complexity index is 1010. The summed E-state index contributed by atoms with van der Waals surface area (Å²) < 4.78 is 35.7. The molecule has 0 radical (unpaired) electrons. The maximum atomic E-state index is 14.1. The first-order valence-corrected chi connectivity index (χ1v) is 8.83. The minimum Gasteiger partial charge on any atom is -0.474 e. The van der Waals surface area contributed by atoms with Gasteiger partial charge in [0.15, 0.2) is 34.6 Å². The van der Waals surface area contributed by atoms with Gasteiger partial charge in [0.25, 0.3) is 0 Å². The largest absolute Gasteiger partial charge is 0.474 e. The fourth-order valence-electron chi connectivity index (χ4n) is 2.96. The molecule has 1 heterocycles. The van der Waals surface area contributed by atoms with E-state index in [1.165, 1.54) is 6.07 Å². The van der Waals surface area contributed by atoms with E-state index in [0.717, 1.165) is 17.7 Å². The molecule has 28 heavy (non-hydrogen) atoms. The summed E-state index contributed by atoms with van der Waals surface area (Å²) in [6, 6.07) is 12.6. The predicted molar refractivity (Wildman–Crippen MR) is 101 cm³/mol. The first-order chi connectivity index (χ1) is 13.2. The van der Waals surface area contributed by atoms with Crippen LogP contribution in [0.4, 0.5) is 8.78 Å². The molecule has 2 aromatic carbocycles. The summed E-state index contributed by atoms with van der Waals surface area (Å²) in [5.41, 5.74) is 0.170. The van der Waals surface area contributed by atoms with Crippen LogP contribution < -0.4 is 4.74 Å². The van der Waals surface area contributed by atoms with Crippen LogP contribution in [-0.4, -0.2) is 14.8 Å². The lowest BCUT2D eigenvalue weighted by Gasteiger charge is -2.28. The van der Waals surface area contributed by atoms with Gasteiger partial charge in [-0.05, 0) is 64.1 Å². The summed E-state index contributed by atoms with van der Waals surface area (Å²) in [4.78, 5) is 0. The number of ether oxygens (including phenoxy) is 1. The van der Waals surface area contributed by atoms with Gasteiger partial charge in [-0.1, -0.05) is 6.07 Å². The van der Waals surface area contributed by atoms with Gasteiger partial charge in [0.05, 0.1) is 11.6 Å². The van der Waals surface area contributed by atoms with E-state index in [2.05, 4.69) is 16.3 Å². The van der Waals surface area contributed by atoms with Gasteiger partial charge in [0.1, 0.15) is 0 Å². The zero-order chi connectivity index (χ0) is 20.5. The molecule has 0 aliphatic rings. The lowest BCUT2D eigenvalue weighted by Crippen LogP contribution is -2.31. The highest BCUT2D eigenvalue weighted by Crippen LogP contribution is 2.34. The highest BCUT2D eigenvalue weighted by Gasteiger charge is 2.33. The van der Waals surface area contributed by atoms with Crippen LogP contribution in [0.5, 0.6) is 5.75 Å². The molecule has 3 aromatic rings. The fourth-order valence-corrected chi connectivity index (χ4v) is 2.96. The monoisotopic (exact) mass is 382 g/mol. The number of halogens is 2. The molecule has 0 saturated carbocycles. The summed E-state index contributed by atoms with van der Waals surface area (Å²) in [6.07, 6.45) is 0. The van der Waals surface area contributed by atoms with Crippen molar-refractivity contribution in [1.82, 2.24) is 14.8 Å². The quantitative estimate of drug-likeness (QED) is 0.624. The predicted octanol–water partition coefficient (Wildman–Crippen LogP) is 4.99. The smallest absolute Gasteiger partial charge is 0.192 e. The van der Waals surface area contributed by atoms with Crippen molar-refractivity contribution in [2.24, 2.45) is 0 Å². The van der Waals surface area contributed by atoms with Crippen LogP contribution >= 0.6 is 0 Å². The molecular formula is C21H20F2N4O. The third kappa shape index (κ3) is 3.58. The van der Waals surface area contributed by atoms with E-state index in [0.29, 0.717) is 17.2 Å². The van der Waals surface area contributed by atoms with E-state index in [-0.39, 0.29) is 6.04 Å². The normalized spacial score (nSPS) is 11.5. The summed E-state index contributed by atoms with van der Waals surface area (Å²) in [6.45, 7) is 7.29. The summed E-state index contributed by atoms with van der Waals surface area (Å²) in [7, 11) is 0. The molecular weight excluding hydrogens is 362 g/mol. The summed E-state index contributed by atoms with van der Waals surface area (Å²) in [5, 5.41) is 17.5. The van der Waals surface area contributed by atoms with E-state index in [9.17, 15) is 8.78 Å². The van der Waals surface area contributed by atoms with Gasteiger partial charge >= 0.3 is 0 Å². The lowest BCUT2D eigenvalue weighted by atomic mass is 10.1. The molecule has 144 valence electrons. The Balaban J connectivity index is 2.06. The first-order valence-electron chi connectivity index (χ1n) is 8.83. The van der Waals surface area contributed by atoms with Gasteiger partial charge in [-0.3, -0.25) is 0 Å². The van der Waals surface area contributed by atoms with Gasteiger partial charge in [0, 0.05) is 11.6 Å².